The van der Waals surface area contributed by atoms with Gasteiger partial charge >= 0.3 is 6.18 Å². The van der Waals surface area contributed by atoms with Crippen LogP contribution in [0.25, 0.3) is 0 Å². The molecule has 154 valence electrons. The lowest BCUT2D eigenvalue weighted by Crippen LogP contribution is -2.38. The van der Waals surface area contributed by atoms with Gasteiger partial charge in [-0.3, -0.25) is 9.78 Å². The van der Waals surface area contributed by atoms with E-state index in [0.717, 1.165) is 17.7 Å². The number of benzene rings is 2. The Kier molecular flexibility index (Phi) is 5.39. The number of amides is 1. The highest BCUT2D eigenvalue weighted by Crippen LogP contribution is 2.39. The first kappa shape index (κ1) is 20.2. The zero-order valence-corrected chi connectivity index (χ0v) is 16.4. The van der Waals surface area contributed by atoms with Gasteiger partial charge in [0.1, 0.15) is 5.69 Å². The van der Waals surface area contributed by atoms with E-state index in [1.54, 1.807) is 53.6 Å². The molecular weight excluding hydrogens is 415 g/mol. The molecule has 1 amide bonds. The zero-order chi connectivity index (χ0) is 21.3. The van der Waals surface area contributed by atoms with E-state index >= 15 is 0 Å². The van der Waals surface area contributed by atoms with Crippen LogP contribution in [0.2, 0.25) is 5.02 Å². The minimum atomic E-state index is -4.42. The van der Waals surface area contributed by atoms with Crippen LogP contribution in [0.15, 0.2) is 66.9 Å². The second kappa shape index (κ2) is 7.99. The Morgan fingerprint density at radius 2 is 1.93 bits per heavy atom. The molecule has 0 spiro atoms. The van der Waals surface area contributed by atoms with Crippen molar-refractivity contribution in [2.75, 3.05) is 16.8 Å². The van der Waals surface area contributed by atoms with Gasteiger partial charge in [0.2, 0.25) is 0 Å². The summed E-state index contributed by atoms with van der Waals surface area (Å²) in [6, 6.07) is 15.1. The van der Waals surface area contributed by atoms with Crippen LogP contribution in [0.1, 0.15) is 34.1 Å². The number of carbonyl (C=O) groups is 1. The van der Waals surface area contributed by atoms with Crippen LogP contribution in [0.5, 0.6) is 0 Å². The summed E-state index contributed by atoms with van der Waals surface area (Å²) in [6.07, 6.45) is -2.36. The summed E-state index contributed by atoms with van der Waals surface area (Å²) in [7, 11) is 0. The quantitative estimate of drug-likeness (QED) is 0.556. The maximum atomic E-state index is 13.0. The number of rotatable bonds is 3. The second-order valence-corrected chi connectivity index (χ2v) is 7.38. The summed E-state index contributed by atoms with van der Waals surface area (Å²) in [6.45, 7) is 0.390. The van der Waals surface area contributed by atoms with E-state index in [1.165, 1.54) is 6.07 Å². The van der Waals surface area contributed by atoms with Crippen molar-refractivity contribution in [3.05, 3.63) is 88.7 Å². The topological polar surface area (TPSA) is 45.2 Å². The number of alkyl halides is 3. The predicted molar refractivity (Wildman–Crippen MR) is 110 cm³/mol. The van der Waals surface area contributed by atoms with Crippen LogP contribution < -0.4 is 10.2 Å². The Balaban J connectivity index is 1.65. The summed E-state index contributed by atoms with van der Waals surface area (Å²) in [4.78, 5) is 18.7. The number of hydrogen-bond acceptors (Lipinski definition) is 3. The average Bonchev–Trinajstić information content (AvgIpc) is 2.74. The fourth-order valence-corrected chi connectivity index (χ4v) is 3.74. The predicted octanol–water partition coefficient (Wildman–Crippen LogP) is 5.96. The number of carbonyl (C=O) groups excluding carboxylic acids is 1. The number of hydrogen-bond donors (Lipinski definition) is 1. The number of aromatic nitrogens is 1. The number of anilines is 2. The van der Waals surface area contributed by atoms with E-state index in [1.807, 2.05) is 0 Å². The standard InChI is InChI=1S/C22H17ClF3N3O/c23-15-7-8-20-17(13-15)18(28-16-5-3-4-14(12-16)22(24,25)26)9-11-29(20)21(30)19-6-1-2-10-27-19/h1-8,10,12-13,18,28H,9,11H2. The van der Waals surface area contributed by atoms with Gasteiger partial charge in [-0.1, -0.05) is 23.7 Å². The van der Waals surface area contributed by atoms with Crippen LogP contribution >= 0.6 is 11.6 Å². The van der Waals surface area contributed by atoms with Gasteiger partial charge in [0.15, 0.2) is 0 Å². The molecule has 0 saturated heterocycles. The number of halogens is 4. The van der Waals surface area contributed by atoms with Crippen molar-refractivity contribution in [2.45, 2.75) is 18.6 Å². The van der Waals surface area contributed by atoms with E-state index in [9.17, 15) is 18.0 Å². The molecule has 1 aliphatic heterocycles. The molecule has 1 unspecified atom stereocenters. The number of nitrogens with zero attached hydrogens (tertiary/aromatic N) is 2. The van der Waals surface area contributed by atoms with E-state index in [-0.39, 0.29) is 11.9 Å². The molecule has 0 radical (unpaired) electrons. The van der Waals surface area contributed by atoms with Crippen LogP contribution in [0.3, 0.4) is 0 Å². The SMILES string of the molecule is O=C(c1ccccn1)N1CCC(Nc2cccc(C(F)(F)F)c2)c2cc(Cl)ccc21. The van der Waals surface area contributed by atoms with E-state index in [2.05, 4.69) is 10.3 Å². The Morgan fingerprint density at radius 1 is 1.10 bits per heavy atom. The smallest absolute Gasteiger partial charge is 0.378 e. The Bertz CT molecular complexity index is 1070. The van der Waals surface area contributed by atoms with E-state index in [0.29, 0.717) is 35.1 Å². The monoisotopic (exact) mass is 431 g/mol. The molecule has 0 bridgehead atoms. The van der Waals surface area contributed by atoms with Crippen LogP contribution in [0, 0.1) is 0 Å². The lowest BCUT2D eigenvalue weighted by molar-refractivity contribution is -0.137. The zero-order valence-electron chi connectivity index (χ0n) is 15.7. The van der Waals surface area contributed by atoms with Crippen LogP contribution in [-0.4, -0.2) is 17.4 Å². The second-order valence-electron chi connectivity index (χ2n) is 6.94. The third-order valence-electron chi connectivity index (χ3n) is 4.96. The molecule has 4 nitrogen and oxygen atoms in total. The van der Waals surface area contributed by atoms with Crippen molar-refractivity contribution in [3.8, 4) is 0 Å². The third kappa shape index (κ3) is 4.11. The van der Waals surface area contributed by atoms with Gasteiger partial charge in [0, 0.05) is 29.1 Å². The molecule has 2 aromatic carbocycles. The summed E-state index contributed by atoms with van der Waals surface area (Å²) in [5, 5.41) is 3.65. The highest BCUT2D eigenvalue weighted by molar-refractivity contribution is 6.30. The van der Waals surface area contributed by atoms with Gasteiger partial charge < -0.3 is 10.2 Å². The highest BCUT2D eigenvalue weighted by atomic mass is 35.5. The van der Waals surface area contributed by atoms with Gasteiger partial charge in [-0.2, -0.15) is 13.2 Å². The largest absolute Gasteiger partial charge is 0.416 e. The Morgan fingerprint density at radius 3 is 2.67 bits per heavy atom. The number of nitrogens with one attached hydrogen (secondary N) is 1. The molecule has 2 heterocycles. The molecule has 1 atom stereocenters. The maximum absolute atomic E-state index is 13.0. The lowest BCUT2D eigenvalue weighted by Gasteiger charge is -2.35. The molecule has 0 saturated carbocycles. The molecule has 1 aromatic heterocycles. The van der Waals surface area contributed by atoms with Crippen molar-refractivity contribution >= 4 is 28.9 Å². The average molecular weight is 432 g/mol. The first-order valence-electron chi connectivity index (χ1n) is 9.29. The van der Waals surface area contributed by atoms with Crippen molar-refractivity contribution in [2.24, 2.45) is 0 Å². The fourth-order valence-electron chi connectivity index (χ4n) is 3.56. The van der Waals surface area contributed by atoms with Crippen LogP contribution in [-0.2, 0) is 6.18 Å². The summed E-state index contributed by atoms with van der Waals surface area (Å²) in [5.74, 6) is -0.239. The van der Waals surface area contributed by atoms with E-state index in [4.69, 9.17) is 11.6 Å². The first-order chi connectivity index (χ1) is 14.3. The van der Waals surface area contributed by atoms with Gasteiger partial charge in [-0.05, 0) is 60.5 Å². The maximum Gasteiger partial charge on any atom is 0.416 e. The molecule has 1 aliphatic rings. The minimum Gasteiger partial charge on any atom is -0.378 e. The molecule has 8 heteroatoms. The lowest BCUT2D eigenvalue weighted by atomic mass is 9.95. The number of fused-ring (bicyclic) bond motifs is 1. The summed E-state index contributed by atoms with van der Waals surface area (Å²) >= 11 is 6.18. The van der Waals surface area contributed by atoms with Crippen molar-refractivity contribution in [3.63, 3.8) is 0 Å². The first-order valence-corrected chi connectivity index (χ1v) is 9.67. The molecule has 4 rings (SSSR count). The summed E-state index contributed by atoms with van der Waals surface area (Å²) in [5.41, 5.74) is 1.36. The third-order valence-corrected chi connectivity index (χ3v) is 5.19. The minimum absolute atomic E-state index is 0.239. The number of pyridine rings is 1. The van der Waals surface area contributed by atoms with Gasteiger partial charge in [0.25, 0.3) is 5.91 Å². The molecule has 0 aliphatic carbocycles. The molecular formula is C22H17ClF3N3O. The van der Waals surface area contributed by atoms with Crippen LogP contribution in [0.4, 0.5) is 24.5 Å². The normalized spacial score (nSPS) is 16.1. The highest BCUT2D eigenvalue weighted by Gasteiger charge is 2.32. The molecule has 0 fully saturated rings. The van der Waals surface area contributed by atoms with E-state index < -0.39 is 11.7 Å². The fraction of sp³-hybridized carbons (Fsp3) is 0.182. The van der Waals surface area contributed by atoms with Crippen molar-refractivity contribution in [1.29, 1.82) is 0 Å². The van der Waals surface area contributed by atoms with Crippen molar-refractivity contribution in [1.82, 2.24) is 4.98 Å². The van der Waals surface area contributed by atoms with Gasteiger partial charge in [-0.15, -0.1) is 0 Å². The summed E-state index contributed by atoms with van der Waals surface area (Å²) < 4.78 is 39.1. The van der Waals surface area contributed by atoms with Crippen molar-refractivity contribution < 1.29 is 18.0 Å². The molecule has 30 heavy (non-hydrogen) atoms. The molecule has 1 N–H and O–H groups in total. The molecule has 3 aromatic rings. The Hall–Kier alpha value is -3.06. The Labute approximate surface area is 176 Å². The van der Waals surface area contributed by atoms with Gasteiger partial charge in [-0.25, -0.2) is 0 Å². The van der Waals surface area contributed by atoms with Gasteiger partial charge in [0.05, 0.1) is 11.6 Å².